The number of carbonyl (C=O) groups is 1. The van der Waals surface area contributed by atoms with Crippen LogP contribution in [0.15, 0.2) is 57.5 Å². The summed E-state index contributed by atoms with van der Waals surface area (Å²) in [6.45, 7) is 1.99. The monoisotopic (exact) mass is 399 g/mol. The molecule has 0 aliphatic rings. The van der Waals surface area contributed by atoms with Gasteiger partial charge in [0.15, 0.2) is 0 Å². The predicted octanol–water partition coefficient (Wildman–Crippen LogP) is 4.77. The van der Waals surface area contributed by atoms with Gasteiger partial charge in [0.1, 0.15) is 0 Å². The molecular weight excluding hydrogens is 382 g/mol. The summed E-state index contributed by atoms with van der Waals surface area (Å²) in [6, 6.07) is 15.4. The summed E-state index contributed by atoms with van der Waals surface area (Å²) < 4.78 is 6.27. The number of aromatic nitrogens is 2. The fourth-order valence-corrected chi connectivity index (χ4v) is 2.65. The highest BCUT2D eigenvalue weighted by Crippen LogP contribution is 2.20. The third-order valence-corrected chi connectivity index (χ3v) is 4.63. The van der Waals surface area contributed by atoms with E-state index in [-0.39, 0.29) is 5.91 Å². The minimum atomic E-state index is -0.0236. The van der Waals surface area contributed by atoms with Gasteiger partial charge in [-0.25, -0.2) is 0 Å². The van der Waals surface area contributed by atoms with Crippen LogP contribution >= 0.6 is 15.9 Å². The normalized spacial score (nSPS) is 10.6. The Kier molecular flexibility index (Phi) is 5.60. The molecular formula is C19H18BrN3O2. The van der Waals surface area contributed by atoms with Crippen LogP contribution in [-0.2, 0) is 11.2 Å². The number of nitrogens with zero attached hydrogens (tertiary/aromatic N) is 2. The van der Waals surface area contributed by atoms with Crippen molar-refractivity contribution < 1.29 is 9.32 Å². The highest BCUT2D eigenvalue weighted by atomic mass is 79.9. The lowest BCUT2D eigenvalue weighted by atomic mass is 10.2. The Balaban J connectivity index is 1.48. The molecule has 0 atom stereocenters. The number of nitrogens with one attached hydrogen (secondary N) is 1. The van der Waals surface area contributed by atoms with E-state index >= 15 is 0 Å². The third-order valence-electron chi connectivity index (χ3n) is 3.74. The van der Waals surface area contributed by atoms with E-state index in [9.17, 15) is 4.79 Å². The number of hydrogen-bond acceptors (Lipinski definition) is 4. The van der Waals surface area contributed by atoms with Crippen LogP contribution < -0.4 is 5.32 Å². The molecule has 0 radical (unpaired) electrons. The summed E-state index contributed by atoms with van der Waals surface area (Å²) in [7, 11) is 0. The first-order chi connectivity index (χ1) is 12.1. The Morgan fingerprint density at radius 2 is 2.00 bits per heavy atom. The summed E-state index contributed by atoms with van der Waals surface area (Å²) in [4.78, 5) is 16.4. The van der Waals surface area contributed by atoms with Crippen LogP contribution in [0.5, 0.6) is 0 Å². The van der Waals surface area contributed by atoms with Gasteiger partial charge in [-0.15, -0.1) is 0 Å². The Morgan fingerprint density at radius 3 is 2.76 bits per heavy atom. The fraction of sp³-hybridized carbons (Fsp3) is 0.211. The van der Waals surface area contributed by atoms with Gasteiger partial charge in [-0.3, -0.25) is 4.79 Å². The largest absolute Gasteiger partial charge is 0.339 e. The molecule has 1 amide bonds. The highest BCUT2D eigenvalue weighted by Gasteiger charge is 2.09. The van der Waals surface area contributed by atoms with E-state index in [2.05, 4.69) is 31.4 Å². The Bertz CT molecular complexity index is 862. The van der Waals surface area contributed by atoms with Crippen molar-refractivity contribution in [2.24, 2.45) is 0 Å². The number of rotatable bonds is 6. The maximum absolute atomic E-state index is 12.0. The maximum atomic E-state index is 12.0. The van der Waals surface area contributed by atoms with Gasteiger partial charge in [0.05, 0.1) is 0 Å². The molecule has 25 heavy (non-hydrogen) atoms. The number of halogens is 1. The molecule has 0 unspecified atom stereocenters. The van der Waals surface area contributed by atoms with E-state index in [0.29, 0.717) is 31.0 Å². The Hall–Kier alpha value is -2.47. The molecule has 0 saturated carbocycles. The highest BCUT2D eigenvalue weighted by molar-refractivity contribution is 9.10. The molecule has 0 aliphatic carbocycles. The SMILES string of the molecule is Cc1cc(NC(=O)CCCc2nc(-c3ccccc3)no2)ccc1Br. The van der Waals surface area contributed by atoms with Crippen molar-refractivity contribution in [1.82, 2.24) is 10.1 Å². The van der Waals surface area contributed by atoms with Crippen LogP contribution in [0, 0.1) is 6.92 Å². The summed E-state index contributed by atoms with van der Waals surface area (Å²) >= 11 is 3.45. The van der Waals surface area contributed by atoms with E-state index in [4.69, 9.17) is 4.52 Å². The van der Waals surface area contributed by atoms with Crippen LogP contribution in [0.4, 0.5) is 5.69 Å². The van der Waals surface area contributed by atoms with Crippen molar-refractivity contribution in [1.29, 1.82) is 0 Å². The lowest BCUT2D eigenvalue weighted by Gasteiger charge is -2.06. The molecule has 0 saturated heterocycles. The molecule has 0 spiro atoms. The summed E-state index contributed by atoms with van der Waals surface area (Å²) in [6.07, 6.45) is 1.63. The molecule has 128 valence electrons. The van der Waals surface area contributed by atoms with Gasteiger partial charge in [0.25, 0.3) is 0 Å². The zero-order chi connectivity index (χ0) is 17.6. The van der Waals surface area contributed by atoms with Crippen LogP contribution in [0.1, 0.15) is 24.3 Å². The number of hydrogen-bond donors (Lipinski definition) is 1. The molecule has 2 aromatic carbocycles. The van der Waals surface area contributed by atoms with E-state index in [1.54, 1.807) is 0 Å². The standard InChI is InChI=1S/C19H18BrN3O2/c1-13-12-15(10-11-16(13)20)21-17(24)8-5-9-18-22-19(23-25-18)14-6-3-2-4-7-14/h2-4,6-7,10-12H,5,8-9H2,1H3,(H,21,24). The van der Waals surface area contributed by atoms with Crippen molar-refractivity contribution in [3.63, 3.8) is 0 Å². The topological polar surface area (TPSA) is 68.0 Å². The molecule has 3 rings (SSSR count). The van der Waals surface area contributed by atoms with Gasteiger partial charge >= 0.3 is 0 Å². The lowest BCUT2D eigenvalue weighted by molar-refractivity contribution is -0.116. The summed E-state index contributed by atoms with van der Waals surface area (Å²) in [5.41, 5.74) is 2.80. The second-order valence-corrected chi connectivity index (χ2v) is 6.60. The Morgan fingerprint density at radius 1 is 1.20 bits per heavy atom. The predicted molar refractivity (Wildman–Crippen MR) is 100 cm³/mol. The van der Waals surface area contributed by atoms with Crippen LogP contribution in [-0.4, -0.2) is 16.0 Å². The van der Waals surface area contributed by atoms with Crippen molar-refractivity contribution in [3.05, 3.63) is 64.5 Å². The van der Waals surface area contributed by atoms with Crippen molar-refractivity contribution in [2.75, 3.05) is 5.32 Å². The van der Waals surface area contributed by atoms with Gasteiger partial charge in [-0.1, -0.05) is 51.4 Å². The third kappa shape index (κ3) is 4.76. The first-order valence-electron chi connectivity index (χ1n) is 8.06. The summed E-state index contributed by atoms with van der Waals surface area (Å²) in [5.74, 6) is 1.10. The van der Waals surface area contributed by atoms with Crippen LogP contribution in [0.25, 0.3) is 11.4 Å². The number of aryl methyl sites for hydroxylation is 2. The van der Waals surface area contributed by atoms with Gasteiger partial charge in [-0.2, -0.15) is 4.98 Å². The van der Waals surface area contributed by atoms with Crippen LogP contribution in [0.2, 0.25) is 0 Å². The zero-order valence-electron chi connectivity index (χ0n) is 13.8. The molecule has 1 heterocycles. The first-order valence-corrected chi connectivity index (χ1v) is 8.85. The second kappa shape index (κ2) is 8.07. The zero-order valence-corrected chi connectivity index (χ0v) is 15.4. The minimum Gasteiger partial charge on any atom is -0.339 e. The van der Waals surface area contributed by atoms with Gasteiger partial charge in [0, 0.05) is 28.6 Å². The smallest absolute Gasteiger partial charge is 0.226 e. The van der Waals surface area contributed by atoms with Crippen molar-refractivity contribution >= 4 is 27.5 Å². The molecule has 1 N–H and O–H groups in total. The number of anilines is 1. The molecule has 0 aliphatic heterocycles. The molecule has 6 heteroatoms. The maximum Gasteiger partial charge on any atom is 0.226 e. The van der Waals surface area contributed by atoms with E-state index in [0.717, 1.165) is 21.3 Å². The number of carbonyl (C=O) groups excluding carboxylic acids is 1. The van der Waals surface area contributed by atoms with E-state index in [1.165, 1.54) is 0 Å². The average molecular weight is 400 g/mol. The molecule has 1 aromatic heterocycles. The number of benzene rings is 2. The molecule has 3 aromatic rings. The van der Waals surface area contributed by atoms with Crippen molar-refractivity contribution in [3.8, 4) is 11.4 Å². The van der Waals surface area contributed by atoms with Gasteiger partial charge < -0.3 is 9.84 Å². The molecule has 0 fully saturated rings. The quantitative estimate of drug-likeness (QED) is 0.647. The Labute approximate surface area is 154 Å². The lowest BCUT2D eigenvalue weighted by Crippen LogP contribution is -2.11. The minimum absolute atomic E-state index is 0.0236. The van der Waals surface area contributed by atoms with E-state index < -0.39 is 0 Å². The molecule has 0 bridgehead atoms. The van der Waals surface area contributed by atoms with Crippen LogP contribution in [0.3, 0.4) is 0 Å². The first kappa shape index (κ1) is 17.4. The molecule has 5 nitrogen and oxygen atoms in total. The van der Waals surface area contributed by atoms with Gasteiger partial charge in [-0.05, 0) is 37.1 Å². The van der Waals surface area contributed by atoms with Gasteiger partial charge in [0.2, 0.25) is 17.6 Å². The second-order valence-electron chi connectivity index (χ2n) is 5.74. The van der Waals surface area contributed by atoms with E-state index in [1.807, 2.05) is 55.5 Å². The summed E-state index contributed by atoms with van der Waals surface area (Å²) in [5, 5.41) is 6.88. The average Bonchev–Trinajstić information content (AvgIpc) is 3.08. The number of amides is 1. The fourth-order valence-electron chi connectivity index (χ4n) is 2.41. The van der Waals surface area contributed by atoms with Crippen molar-refractivity contribution in [2.45, 2.75) is 26.2 Å².